The standard InChI is InChI=1S/C33H43F3N2O16/c1-16(39)38-24-28(50-19(4)42)27(23(15-48-17(2)40)52-30(24)47-12-11-37-32(45)33(34,35)36)54-31-29(51-20(5)43)25(44)26(49-18(3)41)22(53-31)14-46-13-21-9-7-6-8-10-21/h6-10,22-31,44H,11-15H2,1-5H3,(H,37,45)(H,38,39)/t22-,23-,24-,25+,26+,27-,28-,29-,30-,31+/m1/s1. The fourth-order valence-corrected chi connectivity index (χ4v) is 5.52. The van der Waals surface area contributed by atoms with Gasteiger partial charge >= 0.3 is 36.0 Å². The van der Waals surface area contributed by atoms with E-state index >= 15 is 0 Å². The lowest BCUT2D eigenvalue weighted by Gasteiger charge is -2.48. The second kappa shape index (κ2) is 20.3. The van der Waals surface area contributed by atoms with E-state index in [2.05, 4.69) is 5.32 Å². The van der Waals surface area contributed by atoms with E-state index in [9.17, 15) is 47.0 Å². The van der Waals surface area contributed by atoms with E-state index < -0.39 is 123 Å². The normalized spacial score (nSPS) is 28.2. The third-order valence-electron chi connectivity index (χ3n) is 7.60. The van der Waals surface area contributed by atoms with Crippen LogP contribution < -0.4 is 10.6 Å². The van der Waals surface area contributed by atoms with Crippen molar-refractivity contribution in [1.29, 1.82) is 0 Å². The van der Waals surface area contributed by atoms with Crippen LogP contribution in [-0.4, -0.2) is 135 Å². The minimum atomic E-state index is -5.18. The van der Waals surface area contributed by atoms with Gasteiger partial charge in [0.05, 0.1) is 19.8 Å². The number of hydrogen-bond donors (Lipinski definition) is 3. The van der Waals surface area contributed by atoms with Crippen molar-refractivity contribution in [1.82, 2.24) is 10.6 Å². The quantitative estimate of drug-likeness (QED) is 0.114. The number of nitrogens with one attached hydrogen (secondary N) is 2. The van der Waals surface area contributed by atoms with E-state index in [4.69, 9.17) is 42.6 Å². The minimum absolute atomic E-state index is 0.0671. The van der Waals surface area contributed by atoms with Gasteiger partial charge in [0.25, 0.3) is 0 Å². The summed E-state index contributed by atoms with van der Waals surface area (Å²) in [4.78, 5) is 72.3. The third-order valence-corrected chi connectivity index (χ3v) is 7.60. The predicted octanol–water partition coefficient (Wildman–Crippen LogP) is -0.0429. The molecule has 21 heteroatoms. The fourth-order valence-electron chi connectivity index (χ4n) is 5.52. The van der Waals surface area contributed by atoms with Crippen molar-refractivity contribution in [2.75, 3.05) is 26.4 Å². The summed E-state index contributed by atoms with van der Waals surface area (Å²) in [7, 11) is 0. The zero-order valence-electron chi connectivity index (χ0n) is 29.9. The Morgan fingerprint density at radius 3 is 1.91 bits per heavy atom. The Morgan fingerprint density at radius 1 is 0.759 bits per heavy atom. The molecule has 2 fully saturated rings. The summed E-state index contributed by atoms with van der Waals surface area (Å²) >= 11 is 0. The summed E-state index contributed by atoms with van der Waals surface area (Å²) in [5, 5.41) is 15.5. The maximum absolute atomic E-state index is 12.7. The number of halogens is 3. The monoisotopic (exact) mass is 780 g/mol. The van der Waals surface area contributed by atoms with Crippen molar-refractivity contribution in [3.8, 4) is 0 Å². The highest BCUT2D eigenvalue weighted by Gasteiger charge is 2.55. The molecule has 0 radical (unpaired) electrons. The molecule has 10 atom stereocenters. The van der Waals surface area contributed by atoms with Gasteiger partial charge in [-0.1, -0.05) is 30.3 Å². The number of aliphatic hydroxyl groups excluding tert-OH is 1. The molecule has 18 nitrogen and oxygen atoms in total. The second-order valence-corrected chi connectivity index (χ2v) is 12.1. The van der Waals surface area contributed by atoms with Crippen LogP contribution in [-0.2, 0) is 78.0 Å². The summed E-state index contributed by atoms with van der Waals surface area (Å²) in [6, 6.07) is 7.44. The highest BCUT2D eigenvalue weighted by molar-refractivity contribution is 5.81. The van der Waals surface area contributed by atoms with Crippen LogP contribution in [0, 0.1) is 0 Å². The zero-order valence-corrected chi connectivity index (χ0v) is 29.9. The lowest BCUT2D eigenvalue weighted by molar-refractivity contribution is -0.350. The Balaban J connectivity index is 1.99. The van der Waals surface area contributed by atoms with Gasteiger partial charge in [-0.2, -0.15) is 13.2 Å². The molecule has 0 aliphatic carbocycles. The molecular weight excluding hydrogens is 737 g/mol. The highest BCUT2D eigenvalue weighted by atomic mass is 19.4. The summed E-state index contributed by atoms with van der Waals surface area (Å²) in [6.45, 7) is 3.07. The maximum atomic E-state index is 12.7. The number of benzene rings is 1. The van der Waals surface area contributed by atoms with E-state index in [1.165, 1.54) is 0 Å². The Labute approximate surface area is 307 Å². The first-order valence-corrected chi connectivity index (χ1v) is 16.5. The number of carbonyl (C=O) groups excluding carboxylic acids is 6. The number of amides is 2. The first-order chi connectivity index (χ1) is 25.4. The lowest BCUT2D eigenvalue weighted by atomic mass is 9.95. The van der Waals surface area contributed by atoms with Crippen molar-refractivity contribution < 1.29 is 89.7 Å². The minimum Gasteiger partial charge on any atom is -0.463 e. The van der Waals surface area contributed by atoms with Crippen molar-refractivity contribution in [3.05, 3.63) is 35.9 Å². The van der Waals surface area contributed by atoms with E-state index in [-0.39, 0.29) is 13.2 Å². The predicted molar refractivity (Wildman–Crippen MR) is 170 cm³/mol. The molecule has 3 N–H and O–H groups in total. The van der Waals surface area contributed by atoms with Crippen LogP contribution in [0.5, 0.6) is 0 Å². The van der Waals surface area contributed by atoms with E-state index in [1.54, 1.807) is 35.6 Å². The number of rotatable bonds is 16. The second-order valence-electron chi connectivity index (χ2n) is 12.1. The highest BCUT2D eigenvalue weighted by Crippen LogP contribution is 2.34. The van der Waals surface area contributed by atoms with Gasteiger partial charge in [-0.3, -0.25) is 28.8 Å². The molecule has 0 saturated carbocycles. The molecule has 2 saturated heterocycles. The molecule has 2 aliphatic rings. The van der Waals surface area contributed by atoms with Gasteiger partial charge in [0.1, 0.15) is 37.1 Å². The van der Waals surface area contributed by atoms with Crippen molar-refractivity contribution in [2.45, 2.75) is 109 Å². The first-order valence-electron chi connectivity index (χ1n) is 16.5. The van der Waals surface area contributed by atoms with Gasteiger partial charge in [-0.15, -0.1) is 0 Å². The van der Waals surface area contributed by atoms with Crippen LogP contribution >= 0.6 is 0 Å². The Kier molecular flexibility index (Phi) is 16.6. The lowest BCUT2D eigenvalue weighted by Crippen LogP contribution is -2.69. The molecule has 302 valence electrons. The molecule has 0 bridgehead atoms. The van der Waals surface area contributed by atoms with Crippen LogP contribution in [0.4, 0.5) is 13.2 Å². The largest absolute Gasteiger partial charge is 0.471 e. The molecule has 0 aromatic heterocycles. The molecule has 0 spiro atoms. The summed E-state index contributed by atoms with van der Waals surface area (Å²) < 4.78 is 89.1. The third kappa shape index (κ3) is 13.5. The van der Waals surface area contributed by atoms with Crippen molar-refractivity contribution >= 4 is 35.7 Å². The molecule has 0 unspecified atom stereocenters. The molecule has 3 rings (SSSR count). The SMILES string of the molecule is CC(=O)N[C@H]1[C@H](OCCNC(=O)C(F)(F)F)O[C@H](COC(C)=O)[C@@H](O[C@@H]2O[C@H](COCc3ccccc3)[C@H](OC(C)=O)[C@H](O)[C@H]2OC(C)=O)[C@@H]1OC(C)=O. The number of esters is 4. The van der Waals surface area contributed by atoms with Gasteiger partial charge in [0.2, 0.25) is 5.91 Å². The fraction of sp³-hybridized carbons (Fsp3) is 0.636. The summed E-state index contributed by atoms with van der Waals surface area (Å²) in [5.41, 5.74) is 0.767. The van der Waals surface area contributed by atoms with Gasteiger partial charge in [0.15, 0.2) is 30.9 Å². The number of aliphatic hydroxyl groups is 1. The van der Waals surface area contributed by atoms with Gasteiger partial charge < -0.3 is 58.4 Å². The molecule has 1 aromatic rings. The molecule has 1 aromatic carbocycles. The molecule has 2 heterocycles. The van der Waals surface area contributed by atoms with Crippen molar-refractivity contribution in [2.24, 2.45) is 0 Å². The molecule has 2 aliphatic heterocycles. The van der Waals surface area contributed by atoms with E-state index in [0.717, 1.165) is 40.2 Å². The van der Waals surface area contributed by atoms with E-state index in [1.807, 2.05) is 0 Å². The number of hydrogen-bond acceptors (Lipinski definition) is 16. The molecule has 54 heavy (non-hydrogen) atoms. The first kappa shape index (κ1) is 44.0. The Hall–Kier alpha value is -4.41. The van der Waals surface area contributed by atoms with Crippen LogP contribution in [0.25, 0.3) is 0 Å². The molecule has 2 amide bonds. The zero-order chi connectivity index (χ0) is 40.2. The van der Waals surface area contributed by atoms with Crippen LogP contribution in [0.2, 0.25) is 0 Å². The average Bonchev–Trinajstić information content (AvgIpc) is 3.07. The van der Waals surface area contributed by atoms with Gasteiger partial charge in [-0.25, -0.2) is 0 Å². The Bertz CT molecular complexity index is 1450. The van der Waals surface area contributed by atoms with Crippen LogP contribution in [0.3, 0.4) is 0 Å². The van der Waals surface area contributed by atoms with Crippen LogP contribution in [0.1, 0.15) is 40.2 Å². The van der Waals surface area contributed by atoms with E-state index in [0.29, 0.717) is 0 Å². The van der Waals surface area contributed by atoms with Gasteiger partial charge in [-0.05, 0) is 5.56 Å². The Morgan fingerprint density at radius 2 is 1.33 bits per heavy atom. The van der Waals surface area contributed by atoms with Crippen molar-refractivity contribution in [3.63, 3.8) is 0 Å². The van der Waals surface area contributed by atoms with Crippen LogP contribution in [0.15, 0.2) is 30.3 Å². The summed E-state index contributed by atoms with van der Waals surface area (Å²) in [6.07, 6.45) is -19.6. The number of carbonyl (C=O) groups is 6. The maximum Gasteiger partial charge on any atom is 0.471 e. The molecular formula is C33H43F3N2O16. The number of ether oxygens (including phenoxy) is 9. The average molecular weight is 781 g/mol. The summed E-state index contributed by atoms with van der Waals surface area (Å²) in [5.74, 6) is -6.46. The smallest absolute Gasteiger partial charge is 0.463 e. The van der Waals surface area contributed by atoms with Gasteiger partial charge in [0, 0.05) is 41.2 Å². The topological polar surface area (TPSA) is 230 Å². The number of alkyl halides is 3.